The van der Waals surface area contributed by atoms with Crippen LogP contribution in [0, 0.1) is 0 Å². The van der Waals surface area contributed by atoms with Gasteiger partial charge in [0.05, 0.1) is 12.1 Å². The molecule has 0 amide bonds. The van der Waals surface area contributed by atoms with Crippen LogP contribution in [-0.4, -0.2) is 36.9 Å². The van der Waals surface area contributed by atoms with Gasteiger partial charge >= 0.3 is 0 Å². The summed E-state index contributed by atoms with van der Waals surface area (Å²) in [6.45, 7) is 2.69. The highest BCUT2D eigenvalue weighted by atomic mass is 16.3. The summed E-state index contributed by atoms with van der Waals surface area (Å²) in [7, 11) is 0. The number of aryl methyl sites for hydroxylation is 1. The third-order valence-corrected chi connectivity index (χ3v) is 3.95. The van der Waals surface area contributed by atoms with E-state index in [4.69, 9.17) is 0 Å². The minimum Gasteiger partial charge on any atom is -0.390 e. The van der Waals surface area contributed by atoms with Gasteiger partial charge in [0.15, 0.2) is 0 Å². The molecular formula is C14H20N2O. The Kier molecular flexibility index (Phi) is 3.04. The van der Waals surface area contributed by atoms with Gasteiger partial charge in [0.1, 0.15) is 0 Å². The Morgan fingerprint density at radius 1 is 1.18 bits per heavy atom. The zero-order valence-corrected chi connectivity index (χ0v) is 10.1. The van der Waals surface area contributed by atoms with Crippen LogP contribution in [0.25, 0.3) is 0 Å². The first-order chi connectivity index (χ1) is 8.36. The molecule has 1 fully saturated rings. The first kappa shape index (κ1) is 11.1. The molecule has 2 atom stereocenters. The summed E-state index contributed by atoms with van der Waals surface area (Å²) in [5.41, 5.74) is 2.77. The van der Waals surface area contributed by atoms with Crippen molar-refractivity contribution >= 4 is 5.69 Å². The second kappa shape index (κ2) is 4.67. The molecule has 2 aliphatic rings. The summed E-state index contributed by atoms with van der Waals surface area (Å²) in [6.07, 6.45) is 3.41. The van der Waals surface area contributed by atoms with Crippen LogP contribution in [-0.2, 0) is 6.42 Å². The minimum atomic E-state index is -0.235. The van der Waals surface area contributed by atoms with E-state index in [9.17, 15) is 5.11 Å². The number of para-hydroxylation sites is 1. The number of hydrogen-bond acceptors (Lipinski definition) is 3. The molecular weight excluding hydrogens is 212 g/mol. The zero-order valence-electron chi connectivity index (χ0n) is 10.1. The highest BCUT2D eigenvalue weighted by Gasteiger charge is 2.32. The van der Waals surface area contributed by atoms with Crippen LogP contribution in [0.1, 0.15) is 18.4 Å². The van der Waals surface area contributed by atoms with E-state index in [0.29, 0.717) is 0 Å². The zero-order chi connectivity index (χ0) is 11.7. The lowest BCUT2D eigenvalue weighted by Gasteiger charge is -2.32. The molecule has 1 aromatic rings. The Bertz CT molecular complexity index is 394. The standard InChI is InChI=1S/C14H20N2O/c17-14-10-15-9-13(14)16-8-4-3-6-11-5-1-2-7-12(11)16/h1-2,5,7,13-15,17H,3-4,6,8-10H2. The smallest absolute Gasteiger partial charge is 0.0879 e. The molecule has 0 radical (unpaired) electrons. The van der Waals surface area contributed by atoms with E-state index in [1.807, 2.05) is 0 Å². The van der Waals surface area contributed by atoms with Crippen LogP contribution < -0.4 is 10.2 Å². The van der Waals surface area contributed by atoms with Gasteiger partial charge < -0.3 is 15.3 Å². The number of aliphatic hydroxyl groups is 1. The molecule has 0 aromatic heterocycles. The monoisotopic (exact) mass is 232 g/mol. The summed E-state index contributed by atoms with van der Waals surface area (Å²) in [6, 6.07) is 8.89. The van der Waals surface area contributed by atoms with Gasteiger partial charge in [-0.15, -0.1) is 0 Å². The van der Waals surface area contributed by atoms with Crippen molar-refractivity contribution in [1.29, 1.82) is 0 Å². The molecule has 1 saturated heterocycles. The average molecular weight is 232 g/mol. The van der Waals surface area contributed by atoms with Crippen molar-refractivity contribution in [3.8, 4) is 0 Å². The third kappa shape index (κ3) is 2.05. The Morgan fingerprint density at radius 3 is 2.88 bits per heavy atom. The number of nitrogens with zero attached hydrogens (tertiary/aromatic N) is 1. The maximum absolute atomic E-state index is 10.1. The molecule has 3 heteroatoms. The quantitative estimate of drug-likeness (QED) is 0.763. The lowest BCUT2D eigenvalue weighted by atomic mass is 10.1. The number of anilines is 1. The Labute approximate surface area is 102 Å². The summed E-state index contributed by atoms with van der Waals surface area (Å²) in [4.78, 5) is 2.41. The van der Waals surface area contributed by atoms with Crippen molar-refractivity contribution in [3.05, 3.63) is 29.8 Å². The molecule has 0 bridgehead atoms. The highest BCUT2D eigenvalue weighted by molar-refractivity contribution is 5.55. The first-order valence-corrected chi connectivity index (χ1v) is 6.59. The largest absolute Gasteiger partial charge is 0.390 e. The molecule has 1 aromatic carbocycles. The number of β-amino-alcohol motifs (C(OH)–C–C–N with tert-alkyl or cyclic N) is 1. The van der Waals surface area contributed by atoms with Crippen molar-refractivity contribution in [2.45, 2.75) is 31.4 Å². The van der Waals surface area contributed by atoms with Crippen LogP contribution in [0.2, 0.25) is 0 Å². The molecule has 2 heterocycles. The van der Waals surface area contributed by atoms with Crippen LogP contribution in [0.15, 0.2) is 24.3 Å². The maximum Gasteiger partial charge on any atom is 0.0879 e. The van der Waals surface area contributed by atoms with Gasteiger partial charge in [-0.2, -0.15) is 0 Å². The number of fused-ring (bicyclic) bond motifs is 1. The topological polar surface area (TPSA) is 35.5 Å². The normalized spacial score (nSPS) is 28.9. The molecule has 2 aliphatic heterocycles. The molecule has 2 N–H and O–H groups in total. The summed E-state index contributed by atoms with van der Waals surface area (Å²) >= 11 is 0. The Balaban J connectivity index is 1.93. The lowest BCUT2D eigenvalue weighted by Crippen LogP contribution is -2.44. The molecule has 17 heavy (non-hydrogen) atoms. The van der Waals surface area contributed by atoms with Gasteiger partial charge in [-0.05, 0) is 30.9 Å². The summed E-state index contributed by atoms with van der Waals surface area (Å²) < 4.78 is 0. The first-order valence-electron chi connectivity index (χ1n) is 6.59. The van der Waals surface area contributed by atoms with Gasteiger partial charge in [-0.1, -0.05) is 18.2 Å². The number of nitrogens with one attached hydrogen (secondary N) is 1. The second-order valence-electron chi connectivity index (χ2n) is 5.07. The Morgan fingerprint density at radius 2 is 2.06 bits per heavy atom. The van der Waals surface area contributed by atoms with Crippen LogP contribution in [0.3, 0.4) is 0 Å². The second-order valence-corrected chi connectivity index (χ2v) is 5.07. The number of hydrogen-bond donors (Lipinski definition) is 2. The van der Waals surface area contributed by atoms with Crippen molar-refractivity contribution in [1.82, 2.24) is 5.32 Å². The predicted octanol–water partition coefficient (Wildman–Crippen LogP) is 1.16. The van der Waals surface area contributed by atoms with Crippen molar-refractivity contribution in [2.75, 3.05) is 24.5 Å². The van der Waals surface area contributed by atoms with Crippen molar-refractivity contribution in [3.63, 3.8) is 0 Å². The molecule has 0 saturated carbocycles. The molecule has 0 aliphatic carbocycles. The molecule has 92 valence electrons. The van der Waals surface area contributed by atoms with Crippen LogP contribution in [0.4, 0.5) is 5.69 Å². The van der Waals surface area contributed by atoms with Gasteiger partial charge in [0, 0.05) is 25.3 Å². The van der Waals surface area contributed by atoms with Gasteiger partial charge in [0.25, 0.3) is 0 Å². The van der Waals surface area contributed by atoms with Crippen LogP contribution >= 0.6 is 0 Å². The van der Waals surface area contributed by atoms with Gasteiger partial charge in [-0.25, -0.2) is 0 Å². The molecule has 2 unspecified atom stereocenters. The number of aliphatic hydroxyl groups excluding tert-OH is 1. The number of benzene rings is 1. The van der Waals surface area contributed by atoms with E-state index >= 15 is 0 Å². The predicted molar refractivity (Wildman–Crippen MR) is 69.4 cm³/mol. The molecule has 3 rings (SSSR count). The maximum atomic E-state index is 10.1. The third-order valence-electron chi connectivity index (χ3n) is 3.95. The fraction of sp³-hybridized carbons (Fsp3) is 0.571. The van der Waals surface area contributed by atoms with E-state index in [2.05, 4.69) is 34.5 Å². The van der Waals surface area contributed by atoms with E-state index in [-0.39, 0.29) is 12.1 Å². The lowest BCUT2D eigenvalue weighted by molar-refractivity contribution is 0.174. The highest BCUT2D eigenvalue weighted by Crippen LogP contribution is 2.29. The van der Waals surface area contributed by atoms with Gasteiger partial charge in [-0.3, -0.25) is 0 Å². The van der Waals surface area contributed by atoms with Gasteiger partial charge in [0.2, 0.25) is 0 Å². The average Bonchev–Trinajstić information content (AvgIpc) is 2.66. The summed E-state index contributed by atoms with van der Waals surface area (Å²) in [5.74, 6) is 0. The minimum absolute atomic E-state index is 0.235. The SMILES string of the molecule is OC1CNCC1N1CCCCc2ccccc21. The van der Waals surface area contributed by atoms with Crippen molar-refractivity contribution < 1.29 is 5.11 Å². The molecule has 3 nitrogen and oxygen atoms in total. The Hall–Kier alpha value is -1.06. The number of rotatable bonds is 1. The summed E-state index contributed by atoms with van der Waals surface area (Å²) in [5, 5.41) is 13.3. The van der Waals surface area contributed by atoms with E-state index < -0.39 is 0 Å². The van der Waals surface area contributed by atoms with Crippen molar-refractivity contribution in [2.24, 2.45) is 0 Å². The van der Waals surface area contributed by atoms with E-state index in [1.54, 1.807) is 0 Å². The van der Waals surface area contributed by atoms with Crippen LogP contribution in [0.5, 0.6) is 0 Å². The van der Waals surface area contributed by atoms with E-state index in [1.165, 1.54) is 30.5 Å². The van der Waals surface area contributed by atoms with E-state index in [0.717, 1.165) is 19.6 Å². The molecule has 0 spiro atoms. The fourth-order valence-corrected chi connectivity index (χ4v) is 3.03. The fourth-order valence-electron chi connectivity index (χ4n) is 3.03.